The number of halogens is 1. The van der Waals surface area contributed by atoms with E-state index in [1.54, 1.807) is 19.1 Å². The van der Waals surface area contributed by atoms with Crippen LogP contribution in [0.3, 0.4) is 0 Å². The second-order valence-electron chi connectivity index (χ2n) is 3.90. The number of hydrogen-bond acceptors (Lipinski definition) is 3. The number of ether oxygens (including phenoxy) is 1. The van der Waals surface area contributed by atoms with Gasteiger partial charge < -0.3 is 15.4 Å². The first kappa shape index (κ1) is 15.3. The number of carbonyl (C=O) groups is 2. The highest BCUT2D eigenvalue weighted by Gasteiger charge is 2.06. The van der Waals surface area contributed by atoms with Crippen LogP contribution in [-0.2, 0) is 9.53 Å². The van der Waals surface area contributed by atoms with Crippen molar-refractivity contribution in [2.24, 2.45) is 0 Å². The van der Waals surface area contributed by atoms with E-state index >= 15 is 0 Å². The number of anilines is 1. The number of nitrogens with one attached hydrogen (secondary N) is 2. The van der Waals surface area contributed by atoms with Crippen LogP contribution in [0.2, 0.25) is 5.02 Å². The van der Waals surface area contributed by atoms with Gasteiger partial charge in [-0.05, 0) is 31.5 Å². The number of benzene rings is 1. The van der Waals surface area contributed by atoms with Gasteiger partial charge in [-0.3, -0.25) is 4.79 Å². The Hall–Kier alpha value is -1.75. The molecule has 0 saturated heterocycles. The fourth-order valence-corrected chi connectivity index (χ4v) is 1.57. The Morgan fingerprint density at radius 2 is 2.11 bits per heavy atom. The molecule has 104 valence electrons. The van der Waals surface area contributed by atoms with Gasteiger partial charge in [0.2, 0.25) is 5.91 Å². The zero-order valence-electron chi connectivity index (χ0n) is 11.0. The van der Waals surface area contributed by atoms with E-state index in [4.69, 9.17) is 11.6 Å². The Bertz CT molecular complexity index is 463. The summed E-state index contributed by atoms with van der Waals surface area (Å²) < 4.78 is 4.68. The number of rotatable bonds is 5. The molecular formula is C13H17ClN2O3. The van der Waals surface area contributed by atoms with Crippen LogP contribution in [0.5, 0.6) is 0 Å². The van der Waals surface area contributed by atoms with Crippen molar-refractivity contribution in [3.8, 4) is 0 Å². The minimum atomic E-state index is -0.519. The summed E-state index contributed by atoms with van der Waals surface area (Å²) in [5, 5.41) is 5.78. The molecule has 1 aromatic rings. The first-order chi connectivity index (χ1) is 9.02. The van der Waals surface area contributed by atoms with E-state index in [2.05, 4.69) is 15.4 Å². The highest BCUT2D eigenvalue weighted by atomic mass is 35.5. The van der Waals surface area contributed by atoms with Crippen LogP contribution in [0.4, 0.5) is 10.5 Å². The van der Waals surface area contributed by atoms with E-state index in [-0.39, 0.29) is 18.9 Å². The van der Waals surface area contributed by atoms with Gasteiger partial charge in [0.05, 0.1) is 6.61 Å². The third-order valence-electron chi connectivity index (χ3n) is 2.37. The van der Waals surface area contributed by atoms with E-state index in [0.717, 1.165) is 5.56 Å². The smallest absolute Gasteiger partial charge is 0.407 e. The molecule has 2 amide bonds. The Morgan fingerprint density at radius 1 is 1.37 bits per heavy atom. The minimum absolute atomic E-state index is 0.171. The number of aryl methyl sites for hydroxylation is 1. The maximum absolute atomic E-state index is 11.7. The molecule has 0 saturated carbocycles. The number of carbonyl (C=O) groups excluding carboxylic acids is 2. The average molecular weight is 285 g/mol. The lowest BCUT2D eigenvalue weighted by Gasteiger charge is -2.09. The molecule has 6 heteroatoms. The lowest BCUT2D eigenvalue weighted by Crippen LogP contribution is -2.28. The van der Waals surface area contributed by atoms with Gasteiger partial charge >= 0.3 is 6.09 Å². The number of alkyl carbamates (subject to hydrolysis) is 1. The molecule has 0 heterocycles. The van der Waals surface area contributed by atoms with Gasteiger partial charge in [0, 0.05) is 23.7 Å². The highest BCUT2D eigenvalue weighted by Crippen LogP contribution is 2.20. The highest BCUT2D eigenvalue weighted by molar-refractivity contribution is 6.31. The quantitative estimate of drug-likeness (QED) is 0.873. The van der Waals surface area contributed by atoms with Gasteiger partial charge in [0.25, 0.3) is 0 Å². The predicted molar refractivity (Wildman–Crippen MR) is 74.5 cm³/mol. The van der Waals surface area contributed by atoms with Gasteiger partial charge in [-0.25, -0.2) is 4.79 Å². The molecule has 0 bridgehead atoms. The predicted octanol–water partition coefficient (Wildman–Crippen LogP) is 2.72. The molecule has 19 heavy (non-hydrogen) atoms. The second kappa shape index (κ2) is 7.63. The van der Waals surface area contributed by atoms with E-state index < -0.39 is 6.09 Å². The topological polar surface area (TPSA) is 67.4 Å². The summed E-state index contributed by atoms with van der Waals surface area (Å²) in [5.41, 5.74) is 1.60. The van der Waals surface area contributed by atoms with Crippen molar-refractivity contribution < 1.29 is 14.3 Å². The first-order valence-electron chi connectivity index (χ1n) is 5.99. The summed E-state index contributed by atoms with van der Waals surface area (Å²) in [6.07, 6.45) is -0.348. The maximum Gasteiger partial charge on any atom is 0.407 e. The molecule has 0 aromatic heterocycles. The van der Waals surface area contributed by atoms with Gasteiger partial charge in [-0.15, -0.1) is 0 Å². The Balaban J connectivity index is 2.39. The van der Waals surface area contributed by atoms with Crippen molar-refractivity contribution in [3.63, 3.8) is 0 Å². The summed E-state index contributed by atoms with van der Waals surface area (Å²) in [6.45, 7) is 4.13. The summed E-state index contributed by atoms with van der Waals surface area (Å²) in [6, 6.07) is 5.28. The van der Waals surface area contributed by atoms with E-state index in [9.17, 15) is 9.59 Å². The van der Waals surface area contributed by atoms with Gasteiger partial charge in [0.1, 0.15) is 0 Å². The Labute approximate surface area is 117 Å². The number of amides is 2. The van der Waals surface area contributed by atoms with Gasteiger partial charge in [-0.1, -0.05) is 17.7 Å². The first-order valence-corrected chi connectivity index (χ1v) is 6.37. The molecule has 0 aliphatic rings. The SMILES string of the molecule is CCOC(=O)NCCC(=O)Nc1cc(Cl)ccc1C. The molecule has 0 spiro atoms. The van der Waals surface area contributed by atoms with Crippen LogP contribution in [0, 0.1) is 6.92 Å². The zero-order valence-corrected chi connectivity index (χ0v) is 11.7. The fraction of sp³-hybridized carbons (Fsp3) is 0.385. The fourth-order valence-electron chi connectivity index (χ4n) is 1.40. The van der Waals surface area contributed by atoms with Crippen molar-refractivity contribution in [2.45, 2.75) is 20.3 Å². The molecule has 0 fully saturated rings. The van der Waals surface area contributed by atoms with E-state index in [1.807, 2.05) is 13.0 Å². The largest absolute Gasteiger partial charge is 0.450 e. The molecule has 2 N–H and O–H groups in total. The molecule has 5 nitrogen and oxygen atoms in total. The molecule has 0 aliphatic carbocycles. The summed E-state index contributed by atoms with van der Waals surface area (Å²) >= 11 is 5.86. The Kier molecular flexibility index (Phi) is 6.15. The standard InChI is InChI=1S/C13H17ClN2O3/c1-3-19-13(18)15-7-6-12(17)16-11-8-10(14)5-4-9(11)2/h4-5,8H,3,6-7H2,1-2H3,(H,15,18)(H,16,17). The Morgan fingerprint density at radius 3 is 2.79 bits per heavy atom. The maximum atomic E-state index is 11.7. The third-order valence-corrected chi connectivity index (χ3v) is 2.61. The van der Waals surface area contributed by atoms with Crippen LogP contribution < -0.4 is 10.6 Å². The molecule has 0 atom stereocenters. The summed E-state index contributed by atoms with van der Waals surface area (Å²) in [7, 11) is 0. The average Bonchev–Trinajstić information content (AvgIpc) is 2.34. The molecule has 0 aliphatic heterocycles. The normalized spacial score (nSPS) is 9.84. The zero-order chi connectivity index (χ0) is 14.3. The summed E-state index contributed by atoms with van der Waals surface area (Å²) in [4.78, 5) is 22.7. The number of hydrogen-bond donors (Lipinski definition) is 2. The second-order valence-corrected chi connectivity index (χ2v) is 4.34. The van der Waals surface area contributed by atoms with E-state index in [1.165, 1.54) is 0 Å². The molecule has 1 rings (SSSR count). The van der Waals surface area contributed by atoms with Crippen LogP contribution in [0.25, 0.3) is 0 Å². The van der Waals surface area contributed by atoms with Crippen LogP contribution in [0.1, 0.15) is 18.9 Å². The molecular weight excluding hydrogens is 268 g/mol. The lowest BCUT2D eigenvalue weighted by atomic mass is 10.2. The molecule has 0 radical (unpaired) electrons. The molecule has 0 unspecified atom stereocenters. The van der Waals surface area contributed by atoms with Gasteiger partial charge in [0.15, 0.2) is 0 Å². The minimum Gasteiger partial charge on any atom is -0.450 e. The monoisotopic (exact) mass is 284 g/mol. The van der Waals surface area contributed by atoms with Crippen LogP contribution >= 0.6 is 11.6 Å². The van der Waals surface area contributed by atoms with Crippen molar-refractivity contribution in [1.82, 2.24) is 5.32 Å². The molecule has 1 aromatic carbocycles. The third kappa shape index (κ3) is 5.61. The van der Waals surface area contributed by atoms with Crippen molar-refractivity contribution >= 4 is 29.3 Å². The van der Waals surface area contributed by atoms with E-state index in [0.29, 0.717) is 17.3 Å². The van der Waals surface area contributed by atoms with Crippen molar-refractivity contribution in [1.29, 1.82) is 0 Å². The van der Waals surface area contributed by atoms with Gasteiger partial charge in [-0.2, -0.15) is 0 Å². The van der Waals surface area contributed by atoms with Crippen LogP contribution in [0.15, 0.2) is 18.2 Å². The van der Waals surface area contributed by atoms with Crippen molar-refractivity contribution in [2.75, 3.05) is 18.5 Å². The summed E-state index contributed by atoms with van der Waals surface area (Å²) in [5.74, 6) is -0.192. The van der Waals surface area contributed by atoms with Crippen molar-refractivity contribution in [3.05, 3.63) is 28.8 Å². The van der Waals surface area contributed by atoms with Crippen LogP contribution in [-0.4, -0.2) is 25.2 Å². The lowest BCUT2D eigenvalue weighted by molar-refractivity contribution is -0.116.